The second-order valence-electron chi connectivity index (χ2n) is 4.65. The third-order valence-corrected chi connectivity index (χ3v) is 2.95. The molecule has 5 nitrogen and oxygen atoms in total. The van der Waals surface area contributed by atoms with E-state index in [9.17, 15) is 22.8 Å². The molecule has 0 saturated carbocycles. The smallest absolute Gasteiger partial charge is 0.406 e. The van der Waals surface area contributed by atoms with Gasteiger partial charge in [-0.3, -0.25) is 9.59 Å². The Balaban J connectivity index is 2.22. The van der Waals surface area contributed by atoms with Crippen LogP contribution in [0.25, 0.3) is 0 Å². The lowest BCUT2D eigenvalue weighted by atomic mass is 10.1. The van der Waals surface area contributed by atoms with Gasteiger partial charge in [-0.05, 0) is 23.3 Å². The van der Waals surface area contributed by atoms with E-state index in [1.807, 2.05) is 0 Å². The van der Waals surface area contributed by atoms with Gasteiger partial charge in [0.2, 0.25) is 0 Å². The number of carbonyl (C=O) groups excluding carboxylic acids is 1. The first kappa shape index (κ1) is 15.3. The van der Waals surface area contributed by atoms with Crippen LogP contribution in [0.5, 0.6) is 0 Å². The maximum absolute atomic E-state index is 12.4. The average Bonchev–Trinajstić information content (AvgIpc) is 2.81. The number of hydrogen-bond acceptors (Lipinski definition) is 3. The molecular formula is C13H12F3NO4. The van der Waals surface area contributed by atoms with Gasteiger partial charge in [0.25, 0.3) is 5.91 Å². The Morgan fingerprint density at radius 2 is 1.90 bits per heavy atom. The molecule has 114 valence electrons. The molecule has 0 aliphatic carbocycles. The highest BCUT2D eigenvalue weighted by Crippen LogP contribution is 2.23. The molecule has 0 bridgehead atoms. The number of carbonyl (C=O) groups is 2. The molecule has 0 aromatic heterocycles. The molecule has 21 heavy (non-hydrogen) atoms. The third-order valence-electron chi connectivity index (χ3n) is 2.95. The SMILES string of the molecule is O=C(O)CN(CC(F)(F)F)C(=O)c1ccc2c(c1)COC2. The van der Waals surface area contributed by atoms with Gasteiger partial charge in [-0.15, -0.1) is 0 Å². The Kier molecular flexibility index (Phi) is 4.17. The first-order chi connectivity index (χ1) is 9.76. The number of nitrogens with zero attached hydrogens (tertiary/aromatic N) is 1. The number of amides is 1. The summed E-state index contributed by atoms with van der Waals surface area (Å²) in [4.78, 5) is 23.0. The fourth-order valence-electron chi connectivity index (χ4n) is 2.07. The molecule has 1 heterocycles. The number of benzene rings is 1. The number of alkyl halides is 3. The van der Waals surface area contributed by atoms with Crippen LogP contribution < -0.4 is 0 Å². The Labute approximate surface area is 117 Å². The summed E-state index contributed by atoms with van der Waals surface area (Å²) in [6.45, 7) is -1.93. The molecule has 0 saturated heterocycles. The van der Waals surface area contributed by atoms with Gasteiger partial charge in [0, 0.05) is 5.56 Å². The summed E-state index contributed by atoms with van der Waals surface area (Å²) < 4.78 is 42.5. The highest BCUT2D eigenvalue weighted by atomic mass is 19.4. The number of carboxylic acid groups (broad SMARTS) is 1. The Morgan fingerprint density at radius 3 is 2.52 bits per heavy atom. The van der Waals surface area contributed by atoms with Crippen LogP contribution in [0.15, 0.2) is 18.2 Å². The monoisotopic (exact) mass is 303 g/mol. The van der Waals surface area contributed by atoms with E-state index < -0.39 is 31.1 Å². The zero-order chi connectivity index (χ0) is 15.6. The lowest BCUT2D eigenvalue weighted by Gasteiger charge is -2.22. The van der Waals surface area contributed by atoms with Crippen molar-refractivity contribution in [2.75, 3.05) is 13.1 Å². The van der Waals surface area contributed by atoms with Crippen molar-refractivity contribution in [2.45, 2.75) is 19.4 Å². The van der Waals surface area contributed by atoms with Crippen LogP contribution in [-0.2, 0) is 22.7 Å². The maximum atomic E-state index is 12.4. The van der Waals surface area contributed by atoms with Crippen LogP contribution in [0.4, 0.5) is 13.2 Å². The molecule has 1 aliphatic rings. The van der Waals surface area contributed by atoms with Crippen molar-refractivity contribution in [3.05, 3.63) is 34.9 Å². The predicted octanol–water partition coefficient (Wildman–Crippen LogP) is 1.81. The molecule has 8 heteroatoms. The molecule has 0 atom stereocenters. The number of rotatable bonds is 4. The van der Waals surface area contributed by atoms with E-state index in [0.29, 0.717) is 6.61 Å². The zero-order valence-corrected chi connectivity index (χ0v) is 10.8. The standard InChI is InChI=1S/C13H12F3NO4/c14-13(15,16)7-17(4-11(18)19)12(20)8-1-2-9-5-21-6-10(9)3-8/h1-3H,4-7H2,(H,18,19). The number of fused-ring (bicyclic) bond motifs is 1. The summed E-state index contributed by atoms with van der Waals surface area (Å²) in [7, 11) is 0. The molecular weight excluding hydrogens is 291 g/mol. The van der Waals surface area contributed by atoms with Gasteiger partial charge in [0.05, 0.1) is 13.2 Å². The van der Waals surface area contributed by atoms with Gasteiger partial charge in [0.15, 0.2) is 0 Å². The second-order valence-corrected chi connectivity index (χ2v) is 4.65. The number of halogens is 3. The van der Waals surface area contributed by atoms with Crippen molar-refractivity contribution in [1.29, 1.82) is 0 Å². The van der Waals surface area contributed by atoms with Gasteiger partial charge >= 0.3 is 12.1 Å². The molecule has 0 radical (unpaired) electrons. The van der Waals surface area contributed by atoms with E-state index in [4.69, 9.17) is 9.84 Å². The van der Waals surface area contributed by atoms with Crippen molar-refractivity contribution in [2.24, 2.45) is 0 Å². The van der Waals surface area contributed by atoms with Gasteiger partial charge in [0.1, 0.15) is 13.1 Å². The predicted molar refractivity (Wildman–Crippen MR) is 64.5 cm³/mol. The van der Waals surface area contributed by atoms with Gasteiger partial charge in [-0.1, -0.05) is 6.07 Å². The molecule has 1 aromatic rings. The quantitative estimate of drug-likeness (QED) is 0.921. The Morgan fingerprint density at radius 1 is 1.24 bits per heavy atom. The molecule has 0 unspecified atom stereocenters. The van der Waals surface area contributed by atoms with Crippen molar-refractivity contribution < 1.29 is 32.6 Å². The van der Waals surface area contributed by atoms with E-state index in [1.165, 1.54) is 12.1 Å². The minimum atomic E-state index is -4.66. The van der Waals surface area contributed by atoms with Crippen LogP contribution >= 0.6 is 0 Å². The maximum Gasteiger partial charge on any atom is 0.406 e. The summed E-state index contributed by atoms with van der Waals surface area (Å²) in [5.74, 6) is -2.47. The minimum absolute atomic E-state index is 0.0183. The van der Waals surface area contributed by atoms with Crippen LogP contribution in [0.3, 0.4) is 0 Å². The average molecular weight is 303 g/mol. The lowest BCUT2D eigenvalue weighted by molar-refractivity contribution is -0.149. The van der Waals surface area contributed by atoms with Crippen LogP contribution in [0, 0.1) is 0 Å². The summed E-state index contributed by atoms with van der Waals surface area (Å²) in [6, 6.07) is 4.42. The highest BCUT2D eigenvalue weighted by molar-refractivity contribution is 5.96. The summed E-state index contributed by atoms with van der Waals surface area (Å²) in [5.41, 5.74) is 1.61. The number of aliphatic carboxylic acids is 1. The molecule has 1 aromatic carbocycles. The van der Waals surface area contributed by atoms with Gasteiger partial charge in [-0.2, -0.15) is 13.2 Å². The number of hydrogen-bond donors (Lipinski definition) is 1. The van der Waals surface area contributed by atoms with E-state index in [1.54, 1.807) is 6.07 Å². The molecule has 2 rings (SSSR count). The zero-order valence-electron chi connectivity index (χ0n) is 10.8. The molecule has 0 spiro atoms. The largest absolute Gasteiger partial charge is 0.480 e. The Bertz CT molecular complexity index is 571. The summed E-state index contributed by atoms with van der Waals surface area (Å²) in [6.07, 6.45) is -4.66. The van der Waals surface area contributed by atoms with Crippen LogP contribution in [0.1, 0.15) is 21.5 Å². The first-order valence-corrected chi connectivity index (χ1v) is 6.03. The van der Waals surface area contributed by atoms with Gasteiger partial charge < -0.3 is 14.7 Å². The molecule has 0 fully saturated rings. The van der Waals surface area contributed by atoms with Crippen LogP contribution in [0.2, 0.25) is 0 Å². The fourth-order valence-corrected chi connectivity index (χ4v) is 2.07. The fraction of sp³-hybridized carbons (Fsp3) is 0.385. The highest BCUT2D eigenvalue weighted by Gasteiger charge is 2.34. The Hall–Kier alpha value is -2.09. The van der Waals surface area contributed by atoms with E-state index in [0.717, 1.165) is 11.1 Å². The summed E-state index contributed by atoms with van der Waals surface area (Å²) >= 11 is 0. The van der Waals surface area contributed by atoms with Crippen LogP contribution in [-0.4, -0.2) is 41.1 Å². The molecule has 1 amide bonds. The molecule has 1 aliphatic heterocycles. The number of ether oxygens (including phenoxy) is 1. The van der Waals surface area contributed by atoms with Crippen molar-refractivity contribution >= 4 is 11.9 Å². The van der Waals surface area contributed by atoms with Crippen molar-refractivity contribution in [3.63, 3.8) is 0 Å². The molecule has 1 N–H and O–H groups in total. The lowest BCUT2D eigenvalue weighted by Crippen LogP contribution is -2.42. The normalized spacial score (nSPS) is 13.9. The van der Waals surface area contributed by atoms with Gasteiger partial charge in [-0.25, -0.2) is 0 Å². The van der Waals surface area contributed by atoms with E-state index >= 15 is 0 Å². The first-order valence-electron chi connectivity index (χ1n) is 6.03. The summed E-state index contributed by atoms with van der Waals surface area (Å²) in [5, 5.41) is 8.65. The minimum Gasteiger partial charge on any atom is -0.480 e. The van der Waals surface area contributed by atoms with E-state index in [2.05, 4.69) is 0 Å². The van der Waals surface area contributed by atoms with Crippen molar-refractivity contribution in [3.8, 4) is 0 Å². The third kappa shape index (κ3) is 3.94. The number of carboxylic acids is 1. The van der Waals surface area contributed by atoms with Crippen molar-refractivity contribution in [1.82, 2.24) is 4.90 Å². The van der Waals surface area contributed by atoms with E-state index in [-0.39, 0.29) is 17.1 Å². The second kappa shape index (κ2) is 5.72. The topological polar surface area (TPSA) is 66.8 Å².